The zero-order chi connectivity index (χ0) is 16.9. The minimum Gasteiger partial charge on any atom is -0.467 e. The molecule has 1 amide bonds. The number of hydrogen-bond acceptors (Lipinski definition) is 5. The van der Waals surface area contributed by atoms with E-state index in [1.807, 2.05) is 13.0 Å². The second-order valence-corrected chi connectivity index (χ2v) is 7.51. The van der Waals surface area contributed by atoms with Crippen molar-refractivity contribution in [2.45, 2.75) is 19.2 Å². The molecule has 2 aromatic rings. The van der Waals surface area contributed by atoms with Crippen molar-refractivity contribution in [3.05, 3.63) is 53.5 Å². The lowest BCUT2D eigenvalue weighted by Crippen LogP contribution is -2.29. The van der Waals surface area contributed by atoms with Gasteiger partial charge in [-0.15, -0.1) is 0 Å². The number of amides is 1. The lowest BCUT2D eigenvalue weighted by Gasteiger charge is -2.13. The molecule has 0 spiro atoms. The summed E-state index contributed by atoms with van der Waals surface area (Å²) in [6.45, 7) is 2.27. The standard InChI is InChI=1S/C16H20N2O4S/c1-12-13(11-23(2,20)21)5-3-7-15(12)17-10-16(19)18-9-14-6-4-8-22-14/h3-8,17H,9-11H2,1-2H3,(H,18,19). The molecular formula is C16H20N2O4S. The van der Waals surface area contributed by atoms with Crippen molar-refractivity contribution in [3.63, 3.8) is 0 Å². The van der Waals surface area contributed by atoms with Crippen LogP contribution in [0.3, 0.4) is 0 Å². The fraction of sp³-hybridized carbons (Fsp3) is 0.312. The highest BCUT2D eigenvalue weighted by atomic mass is 32.2. The molecule has 0 bridgehead atoms. The Labute approximate surface area is 135 Å². The topological polar surface area (TPSA) is 88.4 Å². The molecule has 0 radical (unpaired) electrons. The Kier molecular flexibility index (Phi) is 5.44. The number of carbonyl (C=O) groups excluding carboxylic acids is 1. The van der Waals surface area contributed by atoms with Gasteiger partial charge in [-0.2, -0.15) is 0 Å². The number of carbonyl (C=O) groups is 1. The smallest absolute Gasteiger partial charge is 0.239 e. The molecule has 0 saturated heterocycles. The molecule has 0 unspecified atom stereocenters. The Balaban J connectivity index is 1.92. The highest BCUT2D eigenvalue weighted by Crippen LogP contribution is 2.20. The third-order valence-electron chi connectivity index (χ3n) is 3.34. The second kappa shape index (κ2) is 7.32. The maximum Gasteiger partial charge on any atom is 0.239 e. The molecule has 2 N–H and O–H groups in total. The van der Waals surface area contributed by atoms with Crippen LogP contribution in [0.15, 0.2) is 41.0 Å². The summed E-state index contributed by atoms with van der Waals surface area (Å²) in [7, 11) is -3.10. The summed E-state index contributed by atoms with van der Waals surface area (Å²) in [5.74, 6) is 0.498. The SMILES string of the molecule is Cc1c(CS(C)(=O)=O)cccc1NCC(=O)NCc1ccco1. The van der Waals surface area contributed by atoms with Crippen LogP contribution in [-0.2, 0) is 26.9 Å². The molecule has 0 aliphatic rings. The Morgan fingerprint density at radius 2 is 2.00 bits per heavy atom. The zero-order valence-corrected chi connectivity index (χ0v) is 13.9. The van der Waals surface area contributed by atoms with E-state index in [1.54, 1.807) is 30.5 Å². The Morgan fingerprint density at radius 1 is 1.22 bits per heavy atom. The van der Waals surface area contributed by atoms with Gasteiger partial charge in [-0.3, -0.25) is 4.79 Å². The van der Waals surface area contributed by atoms with Crippen LogP contribution in [0, 0.1) is 6.92 Å². The monoisotopic (exact) mass is 336 g/mol. The summed E-state index contributed by atoms with van der Waals surface area (Å²) >= 11 is 0. The number of nitrogens with one attached hydrogen (secondary N) is 2. The van der Waals surface area contributed by atoms with Gasteiger partial charge in [-0.25, -0.2) is 8.42 Å². The quantitative estimate of drug-likeness (QED) is 0.806. The first kappa shape index (κ1) is 17.1. The maximum absolute atomic E-state index is 11.8. The second-order valence-electron chi connectivity index (χ2n) is 5.37. The van der Waals surface area contributed by atoms with Crippen molar-refractivity contribution in [2.75, 3.05) is 18.1 Å². The predicted molar refractivity (Wildman–Crippen MR) is 88.8 cm³/mol. The van der Waals surface area contributed by atoms with Crippen LogP contribution in [0.2, 0.25) is 0 Å². The molecule has 124 valence electrons. The van der Waals surface area contributed by atoms with Gasteiger partial charge >= 0.3 is 0 Å². The molecule has 1 aromatic carbocycles. The van der Waals surface area contributed by atoms with E-state index in [1.165, 1.54) is 6.26 Å². The first-order chi connectivity index (χ1) is 10.8. The van der Waals surface area contributed by atoms with E-state index in [0.29, 0.717) is 12.3 Å². The van der Waals surface area contributed by atoms with Crippen molar-refractivity contribution in [2.24, 2.45) is 0 Å². The van der Waals surface area contributed by atoms with E-state index < -0.39 is 9.84 Å². The van der Waals surface area contributed by atoms with Gasteiger partial charge in [0, 0.05) is 11.9 Å². The van der Waals surface area contributed by atoms with E-state index in [9.17, 15) is 13.2 Å². The van der Waals surface area contributed by atoms with Crippen molar-refractivity contribution in [1.29, 1.82) is 0 Å². The van der Waals surface area contributed by atoms with Gasteiger partial charge in [0.15, 0.2) is 9.84 Å². The van der Waals surface area contributed by atoms with Crippen LogP contribution in [0.25, 0.3) is 0 Å². The van der Waals surface area contributed by atoms with Crippen molar-refractivity contribution < 1.29 is 17.6 Å². The van der Waals surface area contributed by atoms with Gasteiger partial charge in [-0.05, 0) is 36.2 Å². The van der Waals surface area contributed by atoms with Crippen LogP contribution in [0.4, 0.5) is 5.69 Å². The predicted octanol–water partition coefficient (Wildman–Crippen LogP) is 1.86. The lowest BCUT2D eigenvalue weighted by molar-refractivity contribution is -0.119. The summed E-state index contributed by atoms with van der Waals surface area (Å²) in [5.41, 5.74) is 2.31. The number of furan rings is 1. The third-order valence-corrected chi connectivity index (χ3v) is 4.18. The van der Waals surface area contributed by atoms with Gasteiger partial charge in [0.25, 0.3) is 0 Å². The Bertz CT molecular complexity index is 767. The first-order valence-electron chi connectivity index (χ1n) is 7.14. The van der Waals surface area contributed by atoms with Gasteiger partial charge in [0.1, 0.15) is 5.76 Å². The van der Waals surface area contributed by atoms with E-state index >= 15 is 0 Å². The van der Waals surface area contributed by atoms with Gasteiger partial charge in [0.05, 0.1) is 25.1 Å². The third kappa shape index (κ3) is 5.45. The van der Waals surface area contributed by atoms with E-state index in [4.69, 9.17) is 4.42 Å². The fourth-order valence-electron chi connectivity index (χ4n) is 2.15. The Hall–Kier alpha value is -2.28. The summed E-state index contributed by atoms with van der Waals surface area (Å²) in [6.07, 6.45) is 2.75. The molecule has 0 aliphatic carbocycles. The number of anilines is 1. The highest BCUT2D eigenvalue weighted by Gasteiger charge is 2.10. The molecular weight excluding hydrogens is 316 g/mol. The van der Waals surface area contributed by atoms with E-state index in [-0.39, 0.29) is 18.2 Å². The molecule has 1 aromatic heterocycles. The molecule has 7 heteroatoms. The van der Waals surface area contributed by atoms with Crippen LogP contribution >= 0.6 is 0 Å². The minimum atomic E-state index is -3.10. The zero-order valence-electron chi connectivity index (χ0n) is 13.1. The van der Waals surface area contributed by atoms with Crippen molar-refractivity contribution in [1.82, 2.24) is 5.32 Å². The largest absolute Gasteiger partial charge is 0.467 e. The average molecular weight is 336 g/mol. The van der Waals surface area contributed by atoms with Crippen molar-refractivity contribution in [3.8, 4) is 0 Å². The van der Waals surface area contributed by atoms with E-state index in [2.05, 4.69) is 10.6 Å². The molecule has 0 fully saturated rings. The summed E-state index contributed by atoms with van der Waals surface area (Å²) in [6, 6.07) is 8.92. The number of benzene rings is 1. The highest BCUT2D eigenvalue weighted by molar-refractivity contribution is 7.89. The lowest BCUT2D eigenvalue weighted by atomic mass is 10.1. The van der Waals surface area contributed by atoms with Crippen LogP contribution in [0.5, 0.6) is 0 Å². The molecule has 23 heavy (non-hydrogen) atoms. The van der Waals surface area contributed by atoms with Gasteiger partial charge < -0.3 is 15.1 Å². The molecule has 2 rings (SSSR count). The van der Waals surface area contributed by atoms with Crippen LogP contribution in [-0.4, -0.2) is 27.1 Å². The molecule has 1 heterocycles. The number of hydrogen-bond donors (Lipinski definition) is 2. The summed E-state index contributed by atoms with van der Waals surface area (Å²) in [5, 5.41) is 5.77. The Morgan fingerprint density at radius 3 is 2.65 bits per heavy atom. The normalized spacial score (nSPS) is 11.2. The van der Waals surface area contributed by atoms with Crippen LogP contribution < -0.4 is 10.6 Å². The summed E-state index contributed by atoms with van der Waals surface area (Å²) < 4.78 is 28.0. The molecule has 0 saturated carbocycles. The average Bonchev–Trinajstić information content (AvgIpc) is 2.98. The minimum absolute atomic E-state index is 0.0148. The summed E-state index contributed by atoms with van der Waals surface area (Å²) in [4.78, 5) is 11.8. The number of sulfone groups is 1. The van der Waals surface area contributed by atoms with Crippen LogP contribution in [0.1, 0.15) is 16.9 Å². The van der Waals surface area contributed by atoms with E-state index in [0.717, 1.165) is 16.8 Å². The van der Waals surface area contributed by atoms with Gasteiger partial charge in [0.2, 0.25) is 5.91 Å². The maximum atomic E-state index is 11.8. The van der Waals surface area contributed by atoms with Gasteiger partial charge in [-0.1, -0.05) is 12.1 Å². The molecule has 6 nitrogen and oxygen atoms in total. The van der Waals surface area contributed by atoms with Crippen molar-refractivity contribution >= 4 is 21.4 Å². The fourth-order valence-corrected chi connectivity index (χ4v) is 3.03. The first-order valence-corrected chi connectivity index (χ1v) is 9.20. The number of rotatable bonds is 7. The molecule has 0 atom stereocenters. The molecule has 0 aliphatic heterocycles.